The van der Waals surface area contributed by atoms with Crippen LogP contribution >= 0.6 is 0 Å². The lowest BCUT2D eigenvalue weighted by Gasteiger charge is -2.06. The third-order valence-electron chi connectivity index (χ3n) is 5.33. The highest BCUT2D eigenvalue weighted by Crippen LogP contribution is 2.16. The molecule has 0 radical (unpaired) electrons. The lowest BCUT2D eigenvalue weighted by molar-refractivity contribution is 0.0951. The fourth-order valence-electron chi connectivity index (χ4n) is 3.66. The monoisotopic (exact) mass is 406 g/mol. The van der Waals surface area contributed by atoms with Gasteiger partial charge in [0, 0.05) is 37.1 Å². The van der Waals surface area contributed by atoms with Crippen molar-refractivity contribution in [2.24, 2.45) is 7.05 Å². The van der Waals surface area contributed by atoms with E-state index in [4.69, 9.17) is 0 Å². The van der Waals surface area contributed by atoms with Gasteiger partial charge in [0.25, 0.3) is 5.91 Å². The molecule has 0 bridgehead atoms. The molecule has 0 aliphatic rings. The minimum atomic E-state index is -0.508. The van der Waals surface area contributed by atoms with Gasteiger partial charge in [-0.2, -0.15) is 0 Å². The first-order valence-corrected chi connectivity index (χ1v) is 10.0. The van der Waals surface area contributed by atoms with Gasteiger partial charge in [0.05, 0.1) is 11.0 Å². The Morgan fingerprint density at radius 2 is 2.00 bits per heavy atom. The maximum Gasteiger partial charge on any atom is 0.256 e. The normalized spacial score (nSPS) is 11.3. The number of imidazole rings is 1. The molecule has 0 aliphatic carbocycles. The van der Waals surface area contributed by atoms with E-state index in [9.17, 15) is 14.0 Å². The smallest absolute Gasteiger partial charge is 0.256 e. The van der Waals surface area contributed by atoms with Crippen LogP contribution in [0.3, 0.4) is 0 Å². The molecule has 1 amide bonds. The number of benzene rings is 2. The van der Waals surface area contributed by atoms with Gasteiger partial charge in [-0.25, -0.2) is 9.37 Å². The molecule has 2 aromatic carbocycles. The Morgan fingerprint density at radius 1 is 1.17 bits per heavy atom. The summed E-state index contributed by atoms with van der Waals surface area (Å²) >= 11 is 0. The molecule has 0 unspecified atom stereocenters. The number of pyridine rings is 1. The predicted octanol–water partition coefficient (Wildman–Crippen LogP) is 3.70. The van der Waals surface area contributed by atoms with Crippen molar-refractivity contribution in [1.29, 1.82) is 0 Å². The van der Waals surface area contributed by atoms with Crippen molar-refractivity contribution in [3.05, 3.63) is 76.1 Å². The number of halogens is 1. The number of H-pyrrole nitrogens is 1. The minimum absolute atomic E-state index is 0.00667. The third kappa shape index (κ3) is 3.96. The molecule has 0 aliphatic heterocycles. The number of carbonyl (C=O) groups excluding carboxylic acids is 1. The molecule has 0 saturated heterocycles. The van der Waals surface area contributed by atoms with Crippen LogP contribution in [0.2, 0.25) is 0 Å². The van der Waals surface area contributed by atoms with Gasteiger partial charge in [0.15, 0.2) is 0 Å². The number of amides is 1. The first kappa shape index (κ1) is 19.8. The molecule has 4 rings (SSSR count). The van der Waals surface area contributed by atoms with E-state index >= 15 is 0 Å². The summed E-state index contributed by atoms with van der Waals surface area (Å²) in [6.07, 6.45) is 4.94. The van der Waals surface area contributed by atoms with Crippen LogP contribution in [0, 0.1) is 5.82 Å². The third-order valence-corrected chi connectivity index (χ3v) is 5.33. The van der Waals surface area contributed by atoms with E-state index in [-0.39, 0.29) is 10.9 Å². The molecule has 2 heterocycles. The fourth-order valence-corrected chi connectivity index (χ4v) is 3.66. The molecule has 0 atom stereocenters. The number of rotatable bonds is 7. The molecular weight excluding hydrogens is 383 g/mol. The van der Waals surface area contributed by atoms with Crippen molar-refractivity contribution in [1.82, 2.24) is 19.9 Å². The first-order valence-electron chi connectivity index (χ1n) is 10.0. The zero-order chi connectivity index (χ0) is 21.1. The SMILES string of the molecule is Cn1c(CCCCCNC(=O)c2c[nH]c3ccc(F)cc3c2=O)nc2ccccc21. The number of hydrogen-bond donors (Lipinski definition) is 2. The van der Waals surface area contributed by atoms with E-state index in [1.165, 1.54) is 18.3 Å². The highest BCUT2D eigenvalue weighted by atomic mass is 19.1. The van der Waals surface area contributed by atoms with Crippen LogP contribution in [0.1, 0.15) is 35.4 Å². The summed E-state index contributed by atoms with van der Waals surface area (Å²) in [4.78, 5) is 32.4. The van der Waals surface area contributed by atoms with E-state index in [2.05, 4.69) is 25.9 Å². The number of aromatic amines is 1. The van der Waals surface area contributed by atoms with Gasteiger partial charge in [-0.05, 0) is 43.2 Å². The Bertz CT molecular complexity index is 1280. The Hall–Kier alpha value is -3.48. The van der Waals surface area contributed by atoms with E-state index in [0.29, 0.717) is 12.1 Å². The van der Waals surface area contributed by atoms with Crippen LogP contribution in [0.25, 0.3) is 21.9 Å². The van der Waals surface area contributed by atoms with E-state index < -0.39 is 17.2 Å². The minimum Gasteiger partial charge on any atom is -0.360 e. The van der Waals surface area contributed by atoms with Gasteiger partial charge in [-0.3, -0.25) is 9.59 Å². The number of nitrogens with one attached hydrogen (secondary N) is 2. The topological polar surface area (TPSA) is 79.8 Å². The van der Waals surface area contributed by atoms with Crippen molar-refractivity contribution >= 4 is 27.8 Å². The van der Waals surface area contributed by atoms with Gasteiger partial charge >= 0.3 is 0 Å². The second kappa shape index (κ2) is 8.49. The Labute approximate surface area is 172 Å². The van der Waals surface area contributed by atoms with Crippen LogP contribution in [-0.4, -0.2) is 27.0 Å². The molecule has 2 N–H and O–H groups in total. The van der Waals surface area contributed by atoms with Crippen molar-refractivity contribution in [2.75, 3.05) is 6.54 Å². The van der Waals surface area contributed by atoms with Gasteiger partial charge in [0.2, 0.25) is 5.43 Å². The van der Waals surface area contributed by atoms with Crippen LogP contribution in [0.15, 0.2) is 53.5 Å². The number of para-hydroxylation sites is 2. The highest BCUT2D eigenvalue weighted by Gasteiger charge is 2.13. The number of nitrogens with zero attached hydrogens (tertiary/aromatic N) is 2. The fraction of sp³-hybridized carbons (Fsp3) is 0.261. The molecule has 0 saturated carbocycles. The number of unbranched alkanes of at least 4 members (excludes halogenated alkanes) is 2. The second-order valence-corrected chi connectivity index (χ2v) is 7.36. The average molecular weight is 406 g/mol. The maximum atomic E-state index is 13.4. The number of aryl methyl sites for hydroxylation is 2. The zero-order valence-corrected chi connectivity index (χ0v) is 16.7. The second-order valence-electron chi connectivity index (χ2n) is 7.36. The molecule has 154 valence electrons. The molecule has 30 heavy (non-hydrogen) atoms. The van der Waals surface area contributed by atoms with Crippen molar-refractivity contribution in [2.45, 2.75) is 25.7 Å². The van der Waals surface area contributed by atoms with Gasteiger partial charge in [0.1, 0.15) is 17.2 Å². The maximum absolute atomic E-state index is 13.4. The standard InChI is InChI=1S/C23H23FN4O2/c1-28-20-8-5-4-7-19(20)27-21(28)9-3-2-6-12-25-23(30)17-14-26-18-11-10-15(24)13-16(18)22(17)29/h4-5,7-8,10-11,13-14H,2-3,6,9,12H2,1H3,(H,25,30)(H,26,29). The van der Waals surface area contributed by atoms with Crippen molar-refractivity contribution in [3.63, 3.8) is 0 Å². The van der Waals surface area contributed by atoms with Gasteiger partial charge in [-0.1, -0.05) is 18.6 Å². The Morgan fingerprint density at radius 3 is 2.83 bits per heavy atom. The number of aromatic nitrogens is 3. The summed E-state index contributed by atoms with van der Waals surface area (Å²) in [5.74, 6) is 0.0964. The van der Waals surface area contributed by atoms with Crippen molar-refractivity contribution in [3.8, 4) is 0 Å². The summed E-state index contributed by atoms with van der Waals surface area (Å²) in [5.41, 5.74) is 2.15. The molecule has 2 aromatic heterocycles. The summed E-state index contributed by atoms with van der Waals surface area (Å²) in [6.45, 7) is 0.474. The number of fused-ring (bicyclic) bond motifs is 2. The first-order chi connectivity index (χ1) is 14.5. The van der Waals surface area contributed by atoms with Crippen LogP contribution in [0.4, 0.5) is 4.39 Å². The summed E-state index contributed by atoms with van der Waals surface area (Å²) < 4.78 is 15.5. The lowest BCUT2D eigenvalue weighted by atomic mass is 10.1. The highest BCUT2D eigenvalue weighted by molar-refractivity contribution is 5.97. The number of carbonyl (C=O) groups is 1. The molecule has 6 nitrogen and oxygen atoms in total. The van der Waals surface area contributed by atoms with Crippen LogP contribution in [0.5, 0.6) is 0 Å². The molecular formula is C23H23FN4O2. The van der Waals surface area contributed by atoms with Crippen LogP contribution in [-0.2, 0) is 13.5 Å². The van der Waals surface area contributed by atoms with E-state index in [1.807, 2.05) is 25.2 Å². The Kier molecular flexibility index (Phi) is 5.61. The van der Waals surface area contributed by atoms with E-state index in [0.717, 1.165) is 48.6 Å². The molecule has 0 fully saturated rings. The quantitative estimate of drug-likeness (QED) is 0.459. The van der Waals surface area contributed by atoms with Gasteiger partial charge < -0.3 is 14.9 Å². The van der Waals surface area contributed by atoms with Gasteiger partial charge in [-0.15, -0.1) is 0 Å². The predicted molar refractivity (Wildman–Crippen MR) is 115 cm³/mol. The lowest BCUT2D eigenvalue weighted by Crippen LogP contribution is -2.29. The van der Waals surface area contributed by atoms with E-state index in [1.54, 1.807) is 0 Å². The average Bonchev–Trinajstić information content (AvgIpc) is 3.07. The Balaban J connectivity index is 1.28. The molecule has 0 spiro atoms. The zero-order valence-electron chi connectivity index (χ0n) is 16.7. The van der Waals surface area contributed by atoms with Crippen molar-refractivity contribution < 1.29 is 9.18 Å². The molecule has 4 aromatic rings. The largest absolute Gasteiger partial charge is 0.360 e. The number of hydrogen-bond acceptors (Lipinski definition) is 3. The molecule has 7 heteroatoms. The summed E-state index contributed by atoms with van der Waals surface area (Å²) in [6, 6.07) is 12.0. The summed E-state index contributed by atoms with van der Waals surface area (Å²) in [7, 11) is 2.03. The summed E-state index contributed by atoms with van der Waals surface area (Å²) in [5, 5.41) is 2.95. The van der Waals surface area contributed by atoms with Crippen LogP contribution < -0.4 is 10.7 Å².